The van der Waals surface area contributed by atoms with Crippen molar-refractivity contribution < 1.29 is 28.7 Å². The molecule has 0 saturated heterocycles. The number of carboxylic acid groups (broad SMARTS) is 1. The molecule has 0 heterocycles. The van der Waals surface area contributed by atoms with Gasteiger partial charge in [-0.2, -0.15) is 9.59 Å². The summed E-state index contributed by atoms with van der Waals surface area (Å²) in [7, 11) is -1.23. The van der Waals surface area contributed by atoms with Gasteiger partial charge in [-0.15, -0.1) is 0 Å². The van der Waals surface area contributed by atoms with Crippen LogP contribution in [0, 0.1) is 33.5 Å². The van der Waals surface area contributed by atoms with E-state index in [-0.39, 0.29) is 12.1 Å². The molecule has 212 valence electrons. The van der Waals surface area contributed by atoms with Crippen molar-refractivity contribution in [1.82, 2.24) is 0 Å². The molecule has 0 amide bonds. The highest BCUT2D eigenvalue weighted by Gasteiger charge is 2.89. The summed E-state index contributed by atoms with van der Waals surface area (Å²) in [6.07, 6.45) is 19.3. The van der Waals surface area contributed by atoms with Crippen LogP contribution in [0.3, 0.4) is 0 Å². The Labute approximate surface area is 229 Å². The maximum absolute atomic E-state index is 11.1. The Hall–Kier alpha value is -1.56. The Balaban J connectivity index is 0.000000116. The number of hydrogen-bond donors (Lipinski definition) is 1. The Kier molecular flexibility index (Phi) is 7.60. The lowest BCUT2D eigenvalue weighted by Crippen LogP contribution is -2.31. The van der Waals surface area contributed by atoms with Gasteiger partial charge >= 0.3 is 12.1 Å². The Morgan fingerprint density at radius 2 is 1.24 bits per heavy atom. The second-order valence-electron chi connectivity index (χ2n) is 14.5. The van der Waals surface area contributed by atoms with Crippen LogP contribution in [0.15, 0.2) is 11.6 Å². The molecule has 8 rings (SSSR count). The predicted molar refractivity (Wildman–Crippen MR) is 147 cm³/mol. The number of rotatable bonds is 5. The Morgan fingerprint density at radius 3 is 1.34 bits per heavy atom. The Morgan fingerprint density at radius 1 is 0.868 bits per heavy atom. The number of Topliss-reactive ketones (excluding diaryl/α,β-unsaturated/α-hetero) is 1. The Bertz CT molecular complexity index is 914. The lowest BCUT2D eigenvalue weighted by atomic mass is 10.2. The van der Waals surface area contributed by atoms with Gasteiger partial charge < -0.3 is 9.53 Å². The molecule has 0 aliphatic heterocycles. The molecular weight excluding hydrogens is 496 g/mol. The van der Waals surface area contributed by atoms with E-state index in [0.29, 0.717) is 39.0 Å². The highest BCUT2D eigenvalue weighted by Crippen LogP contribution is 2.93. The van der Waals surface area contributed by atoms with Crippen LogP contribution in [0.1, 0.15) is 104 Å². The second-order valence-corrected chi connectivity index (χ2v) is 18.9. The summed E-state index contributed by atoms with van der Waals surface area (Å²) in [6.45, 7) is 12.9. The van der Waals surface area contributed by atoms with E-state index in [1.807, 2.05) is 0 Å². The molecule has 0 radical (unpaired) electrons. The summed E-state index contributed by atoms with van der Waals surface area (Å²) in [5.74, 6) is 0.519. The molecule has 1 N–H and O–H groups in total. The minimum absolute atomic E-state index is 0.0694. The first-order valence-electron chi connectivity index (χ1n) is 14.8. The third-order valence-corrected chi connectivity index (χ3v) is 11.5. The molecule has 0 atom stereocenters. The van der Waals surface area contributed by atoms with E-state index in [1.54, 1.807) is 12.5 Å². The lowest BCUT2D eigenvalue weighted by Gasteiger charge is -2.22. The average molecular weight is 545 g/mol. The van der Waals surface area contributed by atoms with Gasteiger partial charge in [0, 0.05) is 5.92 Å². The van der Waals surface area contributed by atoms with Crippen molar-refractivity contribution in [2.75, 3.05) is 0 Å². The third-order valence-electron chi connectivity index (χ3n) is 10.4. The van der Waals surface area contributed by atoms with E-state index < -0.39 is 14.3 Å². The smallest absolute Gasteiger partial charge is 0.373 e. The molecule has 8 fully saturated rings. The van der Waals surface area contributed by atoms with Crippen molar-refractivity contribution in [3.63, 3.8) is 0 Å². The molecule has 0 unspecified atom stereocenters. The molecule has 38 heavy (non-hydrogen) atoms. The molecule has 8 aliphatic carbocycles. The average Bonchev–Trinajstić information content (AvgIpc) is 3.58. The van der Waals surface area contributed by atoms with Crippen LogP contribution in [-0.2, 0) is 23.6 Å². The molecule has 8 aliphatic rings. The quantitative estimate of drug-likeness (QED) is 0.297. The van der Waals surface area contributed by atoms with Gasteiger partial charge in [0.25, 0.3) is 0 Å². The normalized spacial score (nSPS) is 30.7. The maximum atomic E-state index is 11.1. The van der Waals surface area contributed by atoms with E-state index in [2.05, 4.69) is 39.6 Å². The molecule has 8 saturated carbocycles. The zero-order chi connectivity index (χ0) is 28.2. The highest BCUT2D eigenvalue weighted by atomic mass is 28.4. The number of hydrogen-bond acceptors (Lipinski definition) is 5. The van der Waals surface area contributed by atoms with Gasteiger partial charge in [0.2, 0.25) is 0 Å². The molecule has 6 nitrogen and oxygen atoms in total. The van der Waals surface area contributed by atoms with Crippen LogP contribution in [0.2, 0.25) is 19.6 Å². The molecular formula is C31H48O6Si. The van der Waals surface area contributed by atoms with Crippen molar-refractivity contribution in [1.29, 1.82) is 0 Å². The minimum Gasteiger partial charge on any atom is -0.481 e. The van der Waals surface area contributed by atoms with Crippen LogP contribution in [0.4, 0.5) is 0 Å². The van der Waals surface area contributed by atoms with Gasteiger partial charge in [-0.3, -0.25) is 9.59 Å². The van der Waals surface area contributed by atoms with Crippen molar-refractivity contribution in [2.24, 2.45) is 33.5 Å². The summed E-state index contributed by atoms with van der Waals surface area (Å²) in [5.41, 5.74) is 3.84. The van der Waals surface area contributed by atoms with Crippen molar-refractivity contribution in [3.05, 3.63) is 11.6 Å². The monoisotopic (exact) mass is 544 g/mol. The summed E-state index contributed by atoms with van der Waals surface area (Å²) in [4.78, 5) is 38.0. The topological polar surface area (TPSA) is 97.7 Å². The fraction of sp³-hybridized carbons (Fsp3) is 0.839. The number of ketones is 1. The summed E-state index contributed by atoms with van der Waals surface area (Å²) < 4.78 is 5.88. The fourth-order valence-corrected chi connectivity index (χ4v) is 9.68. The maximum Gasteiger partial charge on any atom is 0.373 e. The number of carboxylic acids is 1. The fourth-order valence-electron chi connectivity index (χ4n) is 8.00. The van der Waals surface area contributed by atoms with Gasteiger partial charge in [0.05, 0.1) is 11.5 Å². The SMILES string of the molecule is CC(=O)C1C2(CC2)C12CC2.CC1(O[Si](C)(C)C)CC1.CCC=C1CC1.O=C(O)C1C2(CC2)C12CC2.O=C=O. The highest BCUT2D eigenvalue weighted by molar-refractivity contribution is 6.69. The first-order valence-corrected chi connectivity index (χ1v) is 18.2. The van der Waals surface area contributed by atoms with E-state index in [9.17, 15) is 9.59 Å². The molecule has 0 aromatic heterocycles. The van der Waals surface area contributed by atoms with Crippen LogP contribution in [0.5, 0.6) is 0 Å². The van der Waals surface area contributed by atoms with Crippen LogP contribution < -0.4 is 0 Å². The number of carbonyl (C=O) groups is 2. The van der Waals surface area contributed by atoms with Gasteiger partial charge in [-0.05, 0) is 139 Å². The summed E-state index contributed by atoms with van der Waals surface area (Å²) in [6, 6.07) is 0. The zero-order valence-electron chi connectivity index (χ0n) is 24.4. The van der Waals surface area contributed by atoms with E-state index in [4.69, 9.17) is 19.1 Å². The van der Waals surface area contributed by atoms with E-state index >= 15 is 0 Å². The standard InChI is InChI=1S/C9H12O.C8H10O2.C7H16OSi.C6H10.CO2/c1-6(10)7-8(2-3-8)9(7)4-5-9;9-6(10)5-7(1-2-7)8(5)3-4-8;1-7(5-6-7)8-9(2,3)4;1-2-3-6-4-5-6;2-1-3/h7H,2-5H2,1H3;5H,1-4H2,(H,9,10);5-6H2,1-4H3;3H,2,4-5H2,1H3;. The number of fused-ring (bicyclic) bond motifs is 2. The van der Waals surface area contributed by atoms with Gasteiger partial charge in [0.15, 0.2) is 8.32 Å². The van der Waals surface area contributed by atoms with Crippen molar-refractivity contribution in [3.8, 4) is 0 Å². The molecule has 0 aromatic rings. The molecule has 0 bridgehead atoms. The third kappa shape index (κ3) is 5.81. The zero-order valence-corrected chi connectivity index (χ0v) is 25.4. The van der Waals surface area contributed by atoms with Crippen molar-refractivity contribution in [2.45, 2.75) is 129 Å². The van der Waals surface area contributed by atoms with Crippen LogP contribution >= 0.6 is 0 Å². The second kappa shape index (κ2) is 9.81. The molecule has 0 aromatic carbocycles. The summed E-state index contributed by atoms with van der Waals surface area (Å²) in [5, 5.41) is 8.80. The van der Waals surface area contributed by atoms with Crippen LogP contribution in [0.25, 0.3) is 0 Å². The minimum atomic E-state index is -1.23. The first kappa shape index (κ1) is 29.4. The molecule has 4 spiro atoms. The summed E-state index contributed by atoms with van der Waals surface area (Å²) >= 11 is 0. The van der Waals surface area contributed by atoms with Gasteiger partial charge in [-0.1, -0.05) is 18.6 Å². The van der Waals surface area contributed by atoms with Crippen molar-refractivity contribution >= 4 is 26.2 Å². The number of carbonyl (C=O) groups excluding carboxylic acids is 3. The van der Waals surface area contributed by atoms with E-state index in [0.717, 1.165) is 0 Å². The van der Waals surface area contributed by atoms with Gasteiger partial charge in [-0.25, -0.2) is 0 Å². The van der Waals surface area contributed by atoms with Gasteiger partial charge in [0.1, 0.15) is 5.78 Å². The predicted octanol–water partition coefficient (Wildman–Crippen LogP) is 6.95. The van der Waals surface area contributed by atoms with Crippen LogP contribution in [-0.4, -0.2) is 36.9 Å². The number of aliphatic carboxylic acids is 1. The lowest BCUT2D eigenvalue weighted by molar-refractivity contribution is -0.191. The first-order chi connectivity index (χ1) is 17.7. The van der Waals surface area contributed by atoms with E-state index in [1.165, 1.54) is 83.5 Å². The number of allylic oxidation sites excluding steroid dienone is 2. The largest absolute Gasteiger partial charge is 0.481 e. The molecule has 7 heteroatoms.